The Morgan fingerprint density at radius 1 is 1.06 bits per heavy atom. The quantitative estimate of drug-likeness (QED) is 0.622. The Hall–Kier alpha value is -0.850. The molecule has 1 heteroatoms. The van der Waals surface area contributed by atoms with Gasteiger partial charge in [0.2, 0.25) is 0 Å². The summed E-state index contributed by atoms with van der Waals surface area (Å²) in [7, 11) is 0. The third kappa shape index (κ3) is 3.08. The number of aryl methyl sites for hydroxylation is 1. The highest BCUT2D eigenvalue weighted by molar-refractivity contribution is 5.34. The van der Waals surface area contributed by atoms with Gasteiger partial charge in [-0.25, -0.2) is 4.39 Å². The smallest absolute Gasteiger partial charge is 0.123 e. The van der Waals surface area contributed by atoms with Crippen molar-refractivity contribution >= 4 is 0 Å². The zero-order valence-electron chi connectivity index (χ0n) is 11.6. The molecule has 0 atom stereocenters. The van der Waals surface area contributed by atoms with Crippen LogP contribution in [0.1, 0.15) is 64.0 Å². The number of benzene rings is 1. The molecule has 0 aromatic heterocycles. The van der Waals surface area contributed by atoms with E-state index in [1.165, 1.54) is 11.1 Å². The first-order chi connectivity index (χ1) is 8.09. The van der Waals surface area contributed by atoms with E-state index in [0.29, 0.717) is 0 Å². The zero-order valence-corrected chi connectivity index (χ0v) is 11.6. The molecule has 0 aliphatic carbocycles. The van der Waals surface area contributed by atoms with Gasteiger partial charge in [0.05, 0.1) is 0 Å². The van der Waals surface area contributed by atoms with Crippen LogP contribution in [-0.4, -0.2) is 0 Å². The molecular formula is C16H25F. The van der Waals surface area contributed by atoms with Crippen LogP contribution in [0.2, 0.25) is 0 Å². The predicted octanol–water partition coefficient (Wildman–Crippen LogP) is 5.38. The van der Waals surface area contributed by atoms with Gasteiger partial charge >= 0.3 is 0 Å². The molecule has 0 spiro atoms. The molecule has 0 heterocycles. The van der Waals surface area contributed by atoms with Gasteiger partial charge in [0.1, 0.15) is 5.82 Å². The molecule has 0 unspecified atom stereocenters. The van der Waals surface area contributed by atoms with E-state index in [1.54, 1.807) is 12.1 Å². The lowest BCUT2D eigenvalue weighted by Gasteiger charge is -2.34. The zero-order chi connectivity index (χ0) is 12.9. The Kier molecular flexibility index (Phi) is 5.17. The molecule has 1 aromatic carbocycles. The van der Waals surface area contributed by atoms with Gasteiger partial charge in [-0.1, -0.05) is 39.7 Å². The van der Waals surface area contributed by atoms with E-state index in [1.807, 2.05) is 6.07 Å². The summed E-state index contributed by atoms with van der Waals surface area (Å²) in [5.41, 5.74) is 2.63. The van der Waals surface area contributed by atoms with Gasteiger partial charge in [-0.05, 0) is 54.9 Å². The van der Waals surface area contributed by atoms with Crippen molar-refractivity contribution in [3.8, 4) is 0 Å². The van der Waals surface area contributed by atoms with Crippen molar-refractivity contribution < 1.29 is 4.39 Å². The number of rotatable bonds is 6. The minimum atomic E-state index is -0.101. The van der Waals surface area contributed by atoms with E-state index in [2.05, 4.69) is 27.7 Å². The molecular weight excluding hydrogens is 211 g/mol. The molecule has 1 aromatic rings. The molecule has 0 saturated carbocycles. The average Bonchev–Trinajstić information content (AvgIpc) is 2.32. The number of halogens is 1. The van der Waals surface area contributed by atoms with Crippen LogP contribution < -0.4 is 0 Å². The van der Waals surface area contributed by atoms with Crippen LogP contribution in [0.3, 0.4) is 0 Å². The Labute approximate surface area is 105 Å². The minimum absolute atomic E-state index is 0.101. The van der Waals surface area contributed by atoms with Crippen LogP contribution in [-0.2, 0) is 5.41 Å². The fourth-order valence-electron chi connectivity index (χ4n) is 3.06. The van der Waals surface area contributed by atoms with Crippen molar-refractivity contribution in [1.82, 2.24) is 0 Å². The highest BCUT2D eigenvalue weighted by atomic mass is 19.1. The molecule has 96 valence electrons. The second-order valence-electron chi connectivity index (χ2n) is 5.09. The van der Waals surface area contributed by atoms with Gasteiger partial charge in [0.15, 0.2) is 0 Å². The molecule has 0 N–H and O–H groups in total. The van der Waals surface area contributed by atoms with Gasteiger partial charge in [0.25, 0.3) is 0 Å². The van der Waals surface area contributed by atoms with Crippen LogP contribution in [0.4, 0.5) is 4.39 Å². The number of hydrogen-bond acceptors (Lipinski definition) is 0. The van der Waals surface area contributed by atoms with Crippen molar-refractivity contribution in [3.05, 3.63) is 35.1 Å². The highest BCUT2D eigenvalue weighted by Gasteiger charge is 2.30. The van der Waals surface area contributed by atoms with Crippen molar-refractivity contribution in [2.24, 2.45) is 0 Å². The maximum absolute atomic E-state index is 13.5. The Bertz CT molecular complexity index is 349. The van der Waals surface area contributed by atoms with Crippen molar-refractivity contribution in [2.45, 2.75) is 65.2 Å². The van der Waals surface area contributed by atoms with Gasteiger partial charge in [-0.15, -0.1) is 0 Å². The van der Waals surface area contributed by atoms with Gasteiger partial charge < -0.3 is 0 Å². The summed E-state index contributed by atoms with van der Waals surface area (Å²) in [4.78, 5) is 0. The van der Waals surface area contributed by atoms with E-state index >= 15 is 0 Å². The topological polar surface area (TPSA) is 0 Å². The van der Waals surface area contributed by atoms with Crippen LogP contribution in [0, 0.1) is 12.7 Å². The van der Waals surface area contributed by atoms with Gasteiger partial charge in [-0.3, -0.25) is 0 Å². The van der Waals surface area contributed by atoms with Gasteiger partial charge in [0, 0.05) is 0 Å². The summed E-state index contributed by atoms with van der Waals surface area (Å²) in [5, 5.41) is 0. The Morgan fingerprint density at radius 3 is 2.12 bits per heavy atom. The molecule has 0 aliphatic heterocycles. The maximum atomic E-state index is 13.5. The second kappa shape index (κ2) is 6.18. The average molecular weight is 236 g/mol. The van der Waals surface area contributed by atoms with Crippen molar-refractivity contribution in [1.29, 1.82) is 0 Å². The largest absolute Gasteiger partial charge is 0.207 e. The molecule has 0 amide bonds. The SMILES string of the molecule is CCCC(CC)(CCC)c1cc(F)ccc1C. The summed E-state index contributed by atoms with van der Waals surface area (Å²) in [5.74, 6) is -0.101. The lowest BCUT2D eigenvalue weighted by Crippen LogP contribution is -2.26. The highest BCUT2D eigenvalue weighted by Crippen LogP contribution is 2.39. The molecule has 0 bridgehead atoms. The Balaban J connectivity index is 3.23. The van der Waals surface area contributed by atoms with E-state index in [-0.39, 0.29) is 11.2 Å². The molecule has 1 rings (SSSR count). The fraction of sp³-hybridized carbons (Fsp3) is 0.625. The van der Waals surface area contributed by atoms with Crippen LogP contribution in [0.25, 0.3) is 0 Å². The first-order valence-corrected chi connectivity index (χ1v) is 6.86. The monoisotopic (exact) mass is 236 g/mol. The van der Waals surface area contributed by atoms with E-state index < -0.39 is 0 Å². The van der Waals surface area contributed by atoms with E-state index in [4.69, 9.17) is 0 Å². The summed E-state index contributed by atoms with van der Waals surface area (Å²) >= 11 is 0. The fourth-order valence-corrected chi connectivity index (χ4v) is 3.06. The van der Waals surface area contributed by atoms with Crippen LogP contribution in [0.15, 0.2) is 18.2 Å². The molecule has 0 aliphatic rings. The summed E-state index contributed by atoms with van der Waals surface area (Å²) in [6.07, 6.45) is 5.72. The van der Waals surface area contributed by atoms with Gasteiger partial charge in [-0.2, -0.15) is 0 Å². The minimum Gasteiger partial charge on any atom is -0.207 e. The molecule has 17 heavy (non-hydrogen) atoms. The molecule has 0 nitrogen and oxygen atoms in total. The molecule has 0 radical (unpaired) electrons. The summed E-state index contributed by atoms with van der Waals surface area (Å²) < 4.78 is 13.5. The Morgan fingerprint density at radius 2 is 1.65 bits per heavy atom. The van der Waals surface area contributed by atoms with E-state index in [0.717, 1.165) is 32.1 Å². The maximum Gasteiger partial charge on any atom is 0.123 e. The first kappa shape index (κ1) is 14.2. The summed E-state index contributed by atoms with van der Waals surface area (Å²) in [6.45, 7) is 8.77. The van der Waals surface area contributed by atoms with Crippen LogP contribution >= 0.6 is 0 Å². The third-order valence-corrected chi connectivity index (χ3v) is 3.90. The first-order valence-electron chi connectivity index (χ1n) is 6.86. The third-order valence-electron chi connectivity index (χ3n) is 3.90. The lowest BCUT2D eigenvalue weighted by atomic mass is 9.70. The predicted molar refractivity (Wildman–Crippen MR) is 72.9 cm³/mol. The molecule has 0 saturated heterocycles. The van der Waals surface area contributed by atoms with E-state index in [9.17, 15) is 4.39 Å². The lowest BCUT2D eigenvalue weighted by molar-refractivity contribution is 0.340. The standard InChI is InChI=1S/C16H25F/c1-5-10-16(7-3,11-6-2)15-12-14(17)9-8-13(15)4/h8-9,12H,5-7,10-11H2,1-4H3. The number of hydrogen-bond donors (Lipinski definition) is 0. The van der Waals surface area contributed by atoms with Crippen LogP contribution in [0.5, 0.6) is 0 Å². The second-order valence-corrected chi connectivity index (χ2v) is 5.09. The molecule has 0 fully saturated rings. The van der Waals surface area contributed by atoms with Crippen molar-refractivity contribution in [2.75, 3.05) is 0 Å². The normalized spacial score (nSPS) is 11.8. The van der Waals surface area contributed by atoms with Crippen molar-refractivity contribution in [3.63, 3.8) is 0 Å². The summed E-state index contributed by atoms with van der Waals surface area (Å²) in [6, 6.07) is 5.24.